The van der Waals surface area contributed by atoms with Gasteiger partial charge in [0.1, 0.15) is 12.1 Å². The van der Waals surface area contributed by atoms with Crippen LogP contribution in [0.2, 0.25) is 0 Å². The normalized spacial score (nSPS) is 27.4. The quantitative estimate of drug-likeness (QED) is 0.802. The van der Waals surface area contributed by atoms with E-state index in [9.17, 15) is 0 Å². The molecule has 2 aliphatic carbocycles. The van der Waals surface area contributed by atoms with E-state index in [4.69, 9.17) is 5.73 Å². The van der Waals surface area contributed by atoms with Gasteiger partial charge in [0, 0.05) is 23.3 Å². The maximum atomic E-state index is 6.23. The van der Waals surface area contributed by atoms with Crippen LogP contribution in [0, 0.1) is 0 Å². The highest BCUT2D eigenvalue weighted by Gasteiger charge is 2.23. The molecule has 0 spiro atoms. The van der Waals surface area contributed by atoms with Crippen LogP contribution in [0.5, 0.6) is 0 Å². The van der Waals surface area contributed by atoms with Gasteiger partial charge in [0.15, 0.2) is 0 Å². The van der Waals surface area contributed by atoms with Crippen molar-refractivity contribution in [2.45, 2.75) is 69.9 Å². The lowest BCUT2D eigenvalue weighted by Gasteiger charge is -2.30. The molecule has 0 amide bonds. The minimum atomic E-state index is 0.269. The van der Waals surface area contributed by atoms with Gasteiger partial charge >= 0.3 is 0 Å². The number of nitrogens with one attached hydrogen (secondary N) is 1. The molecule has 2 atom stereocenters. The van der Waals surface area contributed by atoms with Crippen LogP contribution in [0.4, 0.5) is 5.82 Å². The van der Waals surface area contributed by atoms with Crippen molar-refractivity contribution in [1.29, 1.82) is 0 Å². The van der Waals surface area contributed by atoms with Crippen molar-refractivity contribution < 1.29 is 0 Å². The molecule has 19 heavy (non-hydrogen) atoms. The molecule has 0 saturated heterocycles. The zero-order valence-corrected chi connectivity index (χ0v) is 11.6. The van der Waals surface area contributed by atoms with Gasteiger partial charge in [-0.05, 0) is 38.5 Å². The second kappa shape index (κ2) is 5.87. The Morgan fingerprint density at radius 2 is 1.84 bits per heavy atom. The zero-order chi connectivity index (χ0) is 13.1. The van der Waals surface area contributed by atoms with E-state index in [2.05, 4.69) is 15.3 Å². The van der Waals surface area contributed by atoms with Crippen molar-refractivity contribution in [1.82, 2.24) is 9.97 Å². The standard InChI is InChI=1S/C15H24N4/c16-12-7-4-5-9-14(12)19-15-11-6-2-1-3-8-13(11)17-10-18-15/h10,12,14H,1-9,16H2,(H,17,18,19)/t12-,14-/m1/s1. The lowest BCUT2D eigenvalue weighted by molar-refractivity contribution is 0.403. The molecule has 4 nitrogen and oxygen atoms in total. The average Bonchev–Trinajstić information content (AvgIpc) is 2.67. The van der Waals surface area contributed by atoms with Crippen LogP contribution < -0.4 is 11.1 Å². The second-order valence-electron chi connectivity index (χ2n) is 5.91. The van der Waals surface area contributed by atoms with E-state index in [1.807, 2.05) is 0 Å². The number of fused-ring (bicyclic) bond motifs is 1. The SMILES string of the molecule is N[C@@H]1CCCC[C@H]1Nc1ncnc2c1CCCCC2. The van der Waals surface area contributed by atoms with Gasteiger partial charge in [0.25, 0.3) is 0 Å². The maximum absolute atomic E-state index is 6.23. The van der Waals surface area contributed by atoms with Gasteiger partial charge in [0.2, 0.25) is 0 Å². The van der Waals surface area contributed by atoms with Crippen molar-refractivity contribution in [3.05, 3.63) is 17.6 Å². The molecule has 0 aromatic carbocycles. The lowest BCUT2D eigenvalue weighted by Crippen LogP contribution is -2.43. The number of aromatic nitrogens is 2. The van der Waals surface area contributed by atoms with Crippen LogP contribution >= 0.6 is 0 Å². The highest BCUT2D eigenvalue weighted by Crippen LogP contribution is 2.26. The smallest absolute Gasteiger partial charge is 0.133 e. The molecule has 0 radical (unpaired) electrons. The first-order chi connectivity index (χ1) is 9.34. The Bertz CT molecular complexity index is 432. The lowest BCUT2D eigenvalue weighted by atomic mass is 9.91. The van der Waals surface area contributed by atoms with Gasteiger partial charge in [-0.15, -0.1) is 0 Å². The average molecular weight is 260 g/mol. The number of nitrogens with two attached hydrogens (primary N) is 1. The number of hydrogen-bond donors (Lipinski definition) is 2. The maximum Gasteiger partial charge on any atom is 0.133 e. The van der Waals surface area contributed by atoms with E-state index in [1.165, 1.54) is 49.8 Å². The third-order valence-corrected chi connectivity index (χ3v) is 4.52. The third kappa shape index (κ3) is 2.89. The first-order valence-corrected chi connectivity index (χ1v) is 7.69. The fraction of sp³-hybridized carbons (Fsp3) is 0.733. The first-order valence-electron chi connectivity index (χ1n) is 7.69. The molecule has 1 saturated carbocycles. The van der Waals surface area contributed by atoms with Crippen LogP contribution in [0.1, 0.15) is 56.2 Å². The van der Waals surface area contributed by atoms with Crippen LogP contribution in [0.25, 0.3) is 0 Å². The van der Waals surface area contributed by atoms with E-state index < -0.39 is 0 Å². The molecule has 3 N–H and O–H groups in total. The van der Waals surface area contributed by atoms with Gasteiger partial charge in [-0.25, -0.2) is 9.97 Å². The topological polar surface area (TPSA) is 63.8 Å². The first kappa shape index (κ1) is 12.9. The van der Waals surface area contributed by atoms with Crippen LogP contribution in [0.3, 0.4) is 0 Å². The molecule has 0 bridgehead atoms. The van der Waals surface area contributed by atoms with Gasteiger partial charge in [-0.1, -0.05) is 19.3 Å². The Morgan fingerprint density at radius 3 is 2.74 bits per heavy atom. The van der Waals surface area contributed by atoms with Crippen molar-refractivity contribution in [3.63, 3.8) is 0 Å². The summed E-state index contributed by atoms with van der Waals surface area (Å²) >= 11 is 0. The molecule has 1 fully saturated rings. The Morgan fingerprint density at radius 1 is 1.00 bits per heavy atom. The summed E-state index contributed by atoms with van der Waals surface area (Å²) in [6.45, 7) is 0. The van der Waals surface area contributed by atoms with Gasteiger partial charge in [0.05, 0.1) is 0 Å². The van der Waals surface area contributed by atoms with Crippen molar-refractivity contribution in [2.75, 3.05) is 5.32 Å². The van der Waals surface area contributed by atoms with Crippen LogP contribution in [-0.4, -0.2) is 22.1 Å². The summed E-state index contributed by atoms with van der Waals surface area (Å²) in [5.74, 6) is 1.05. The van der Waals surface area contributed by atoms with Crippen molar-refractivity contribution >= 4 is 5.82 Å². The number of hydrogen-bond acceptors (Lipinski definition) is 4. The molecule has 0 aliphatic heterocycles. The second-order valence-corrected chi connectivity index (χ2v) is 5.91. The van der Waals surface area contributed by atoms with E-state index >= 15 is 0 Å². The van der Waals surface area contributed by atoms with E-state index in [0.717, 1.165) is 25.1 Å². The molecule has 104 valence electrons. The highest BCUT2D eigenvalue weighted by molar-refractivity contribution is 5.47. The summed E-state index contributed by atoms with van der Waals surface area (Å²) in [5.41, 5.74) is 8.82. The summed E-state index contributed by atoms with van der Waals surface area (Å²) in [6, 6.07) is 0.654. The Balaban J connectivity index is 1.80. The largest absolute Gasteiger partial charge is 0.365 e. The molecule has 3 rings (SSSR count). The molecule has 0 unspecified atom stereocenters. The Labute approximate surface area is 115 Å². The van der Waals surface area contributed by atoms with Gasteiger partial charge in [-0.2, -0.15) is 0 Å². The fourth-order valence-corrected chi connectivity index (χ4v) is 3.34. The third-order valence-electron chi connectivity index (χ3n) is 4.52. The Hall–Kier alpha value is -1.16. The predicted octanol–water partition coefficient (Wildman–Crippen LogP) is 2.43. The number of nitrogens with zero attached hydrogens (tertiary/aromatic N) is 2. The van der Waals surface area contributed by atoms with E-state index in [0.29, 0.717) is 6.04 Å². The highest BCUT2D eigenvalue weighted by atomic mass is 15.1. The zero-order valence-electron chi connectivity index (χ0n) is 11.6. The van der Waals surface area contributed by atoms with Gasteiger partial charge < -0.3 is 11.1 Å². The minimum absolute atomic E-state index is 0.269. The molecule has 1 aromatic rings. The molecule has 1 heterocycles. The van der Waals surface area contributed by atoms with Crippen molar-refractivity contribution in [2.24, 2.45) is 5.73 Å². The summed E-state index contributed by atoms with van der Waals surface area (Å²) in [5, 5.41) is 3.61. The minimum Gasteiger partial charge on any atom is -0.365 e. The Kier molecular flexibility index (Phi) is 3.97. The molecule has 4 heteroatoms. The van der Waals surface area contributed by atoms with Crippen LogP contribution in [0.15, 0.2) is 6.33 Å². The van der Waals surface area contributed by atoms with Crippen LogP contribution in [-0.2, 0) is 12.8 Å². The fourth-order valence-electron chi connectivity index (χ4n) is 3.34. The van der Waals surface area contributed by atoms with E-state index in [1.54, 1.807) is 6.33 Å². The summed E-state index contributed by atoms with van der Waals surface area (Å²) in [6.07, 6.45) is 12.6. The molecule has 1 aromatic heterocycles. The van der Waals surface area contributed by atoms with Gasteiger partial charge in [-0.3, -0.25) is 0 Å². The summed E-state index contributed by atoms with van der Waals surface area (Å²) < 4.78 is 0. The molecular weight excluding hydrogens is 236 g/mol. The number of aryl methyl sites for hydroxylation is 1. The summed E-state index contributed by atoms with van der Waals surface area (Å²) in [7, 11) is 0. The molecule has 2 aliphatic rings. The number of rotatable bonds is 2. The van der Waals surface area contributed by atoms with E-state index in [-0.39, 0.29) is 6.04 Å². The number of anilines is 1. The monoisotopic (exact) mass is 260 g/mol. The predicted molar refractivity (Wildman–Crippen MR) is 77.1 cm³/mol. The van der Waals surface area contributed by atoms with Crippen molar-refractivity contribution in [3.8, 4) is 0 Å². The molecular formula is C15H24N4. The summed E-state index contributed by atoms with van der Waals surface area (Å²) in [4.78, 5) is 8.95.